The quantitative estimate of drug-likeness (QED) is 0.873. The van der Waals surface area contributed by atoms with Crippen LogP contribution in [0.3, 0.4) is 0 Å². The third-order valence-electron chi connectivity index (χ3n) is 4.25. The molecule has 6 heteroatoms. The summed E-state index contributed by atoms with van der Waals surface area (Å²) in [6, 6.07) is 7.86. The van der Waals surface area contributed by atoms with E-state index in [0.29, 0.717) is 19.1 Å². The molecule has 1 aliphatic heterocycles. The molecule has 1 heterocycles. The van der Waals surface area contributed by atoms with Crippen molar-refractivity contribution in [1.29, 1.82) is 0 Å². The summed E-state index contributed by atoms with van der Waals surface area (Å²) in [7, 11) is -3.27. The fraction of sp³-hybridized carbons (Fsp3) is 0.600. The highest BCUT2D eigenvalue weighted by Crippen LogP contribution is 2.28. The maximum Gasteiger partial charge on any atom is 0.218 e. The molecule has 0 bridgehead atoms. The summed E-state index contributed by atoms with van der Waals surface area (Å²) in [5.74, 6) is 0.0181. The lowest BCUT2D eigenvalue weighted by molar-refractivity contribution is 0.180. The molecule has 1 aromatic rings. The van der Waals surface area contributed by atoms with Gasteiger partial charge in [0, 0.05) is 32.2 Å². The van der Waals surface area contributed by atoms with E-state index in [9.17, 15) is 8.42 Å². The first-order valence-electron chi connectivity index (χ1n) is 7.49. The zero-order valence-electron chi connectivity index (χ0n) is 12.1. The van der Waals surface area contributed by atoms with Gasteiger partial charge in [0.15, 0.2) is 0 Å². The fourth-order valence-electron chi connectivity index (χ4n) is 2.91. The number of hydrogen-bond acceptors (Lipinski definition) is 4. The molecule has 21 heavy (non-hydrogen) atoms. The highest BCUT2D eigenvalue weighted by molar-refractivity contribution is 7.88. The van der Waals surface area contributed by atoms with Crippen LogP contribution in [0.5, 0.6) is 0 Å². The molecule has 0 amide bonds. The molecule has 2 fully saturated rings. The minimum absolute atomic E-state index is 0.0181. The van der Waals surface area contributed by atoms with Gasteiger partial charge in [-0.2, -0.15) is 4.31 Å². The van der Waals surface area contributed by atoms with E-state index in [-0.39, 0.29) is 12.4 Å². The largest absolute Gasteiger partial charge is 0.392 e. The summed E-state index contributed by atoms with van der Waals surface area (Å²) < 4.78 is 26.6. The van der Waals surface area contributed by atoms with Crippen molar-refractivity contribution in [3.63, 3.8) is 0 Å². The van der Waals surface area contributed by atoms with Crippen molar-refractivity contribution in [1.82, 2.24) is 9.21 Å². The molecule has 0 radical (unpaired) electrons. The van der Waals surface area contributed by atoms with Crippen LogP contribution in [0.15, 0.2) is 24.3 Å². The van der Waals surface area contributed by atoms with E-state index in [2.05, 4.69) is 4.90 Å². The second-order valence-electron chi connectivity index (χ2n) is 5.90. The molecule has 0 atom stereocenters. The van der Waals surface area contributed by atoms with Crippen molar-refractivity contribution in [3.8, 4) is 0 Å². The molecule has 2 aliphatic rings. The van der Waals surface area contributed by atoms with Gasteiger partial charge >= 0.3 is 0 Å². The van der Waals surface area contributed by atoms with Crippen LogP contribution >= 0.6 is 0 Å². The molecule has 0 unspecified atom stereocenters. The van der Waals surface area contributed by atoms with E-state index in [1.165, 1.54) is 12.8 Å². The Bertz CT molecular complexity index is 591. The monoisotopic (exact) mass is 310 g/mol. The van der Waals surface area contributed by atoms with Crippen molar-refractivity contribution >= 4 is 10.0 Å². The number of rotatable bonds is 5. The third kappa shape index (κ3) is 3.63. The number of piperazine rings is 1. The third-order valence-corrected chi connectivity index (χ3v) is 6.10. The molecule has 3 rings (SSSR count). The SMILES string of the molecule is O=S(=O)(Cc1cccc(CO)c1)N1CCN(C2CC2)CC1. The van der Waals surface area contributed by atoms with Crippen LogP contribution in [0, 0.1) is 0 Å². The summed E-state index contributed by atoms with van der Waals surface area (Å²) >= 11 is 0. The number of hydrogen-bond donors (Lipinski definition) is 1. The maximum absolute atomic E-state index is 12.5. The van der Waals surface area contributed by atoms with Gasteiger partial charge in [0.05, 0.1) is 12.4 Å². The van der Waals surface area contributed by atoms with Gasteiger partial charge < -0.3 is 5.11 Å². The van der Waals surface area contributed by atoms with Crippen LogP contribution in [0.4, 0.5) is 0 Å². The molecular weight excluding hydrogens is 288 g/mol. The predicted octanol–water partition coefficient (Wildman–Crippen LogP) is 0.789. The lowest BCUT2D eigenvalue weighted by atomic mass is 10.1. The number of nitrogens with zero attached hydrogens (tertiary/aromatic N) is 2. The Labute approximate surface area is 126 Å². The topological polar surface area (TPSA) is 60.9 Å². The van der Waals surface area contributed by atoms with Crippen LogP contribution < -0.4 is 0 Å². The van der Waals surface area contributed by atoms with Crippen molar-refractivity contribution in [2.75, 3.05) is 26.2 Å². The zero-order valence-corrected chi connectivity index (χ0v) is 12.9. The lowest BCUT2D eigenvalue weighted by Gasteiger charge is -2.34. The van der Waals surface area contributed by atoms with Crippen LogP contribution in [0.25, 0.3) is 0 Å². The highest BCUT2D eigenvalue weighted by Gasteiger charge is 2.34. The molecular formula is C15H22N2O3S. The van der Waals surface area contributed by atoms with E-state index in [0.717, 1.165) is 24.2 Å². The molecule has 0 aromatic heterocycles. The van der Waals surface area contributed by atoms with E-state index in [4.69, 9.17) is 5.11 Å². The van der Waals surface area contributed by atoms with E-state index in [1.807, 2.05) is 0 Å². The van der Waals surface area contributed by atoms with E-state index >= 15 is 0 Å². The molecule has 0 spiro atoms. The summed E-state index contributed by atoms with van der Waals surface area (Å²) in [4.78, 5) is 2.40. The molecule has 116 valence electrons. The minimum Gasteiger partial charge on any atom is -0.392 e. The Balaban J connectivity index is 1.63. The number of sulfonamides is 1. The smallest absolute Gasteiger partial charge is 0.218 e. The average molecular weight is 310 g/mol. The van der Waals surface area contributed by atoms with Crippen molar-refractivity contribution in [2.45, 2.75) is 31.2 Å². The number of aliphatic hydroxyl groups excluding tert-OH is 1. The summed E-state index contributed by atoms with van der Waals surface area (Å²) in [5, 5.41) is 9.13. The van der Waals surface area contributed by atoms with Crippen LogP contribution in [-0.4, -0.2) is 55.0 Å². The first kappa shape index (κ1) is 15.0. The first-order chi connectivity index (χ1) is 10.1. The predicted molar refractivity (Wildman–Crippen MR) is 81.2 cm³/mol. The molecule has 1 N–H and O–H groups in total. The van der Waals surface area contributed by atoms with Gasteiger partial charge in [-0.05, 0) is 24.0 Å². The van der Waals surface area contributed by atoms with Gasteiger partial charge in [-0.15, -0.1) is 0 Å². The van der Waals surface area contributed by atoms with Gasteiger partial charge in [0.25, 0.3) is 0 Å². The Kier molecular flexibility index (Phi) is 4.31. The van der Waals surface area contributed by atoms with E-state index < -0.39 is 10.0 Å². The molecule has 1 saturated heterocycles. The first-order valence-corrected chi connectivity index (χ1v) is 9.10. The Morgan fingerprint density at radius 2 is 1.76 bits per heavy atom. The zero-order chi connectivity index (χ0) is 14.9. The van der Waals surface area contributed by atoms with Crippen LogP contribution in [-0.2, 0) is 22.4 Å². The molecule has 1 saturated carbocycles. The normalized spacial score (nSPS) is 21.6. The number of benzene rings is 1. The van der Waals surface area contributed by atoms with Gasteiger partial charge in [-0.1, -0.05) is 24.3 Å². The average Bonchev–Trinajstić information content (AvgIpc) is 3.32. The summed E-state index contributed by atoms with van der Waals surface area (Å²) in [6.45, 7) is 2.83. The van der Waals surface area contributed by atoms with Gasteiger partial charge in [-0.25, -0.2) is 8.42 Å². The second-order valence-corrected chi connectivity index (χ2v) is 7.87. The maximum atomic E-state index is 12.5. The summed E-state index contributed by atoms with van der Waals surface area (Å²) in [6.07, 6.45) is 2.53. The second kappa shape index (κ2) is 6.04. The van der Waals surface area contributed by atoms with Crippen molar-refractivity contribution < 1.29 is 13.5 Å². The Morgan fingerprint density at radius 3 is 2.38 bits per heavy atom. The van der Waals surface area contributed by atoms with Gasteiger partial charge in [0.2, 0.25) is 10.0 Å². The fourth-order valence-corrected chi connectivity index (χ4v) is 4.41. The number of aliphatic hydroxyl groups is 1. The Hall–Kier alpha value is -0.950. The van der Waals surface area contributed by atoms with Gasteiger partial charge in [0.1, 0.15) is 0 Å². The molecule has 1 aromatic carbocycles. The highest BCUT2D eigenvalue weighted by atomic mass is 32.2. The summed E-state index contributed by atoms with van der Waals surface area (Å²) in [5.41, 5.74) is 1.49. The van der Waals surface area contributed by atoms with Crippen LogP contribution in [0.1, 0.15) is 24.0 Å². The molecule has 5 nitrogen and oxygen atoms in total. The molecule has 1 aliphatic carbocycles. The minimum atomic E-state index is -3.27. The standard InChI is InChI=1S/C15H22N2O3S/c18-11-13-2-1-3-14(10-13)12-21(19,20)17-8-6-16(7-9-17)15-4-5-15/h1-3,10,15,18H,4-9,11-12H2. The van der Waals surface area contributed by atoms with Crippen LogP contribution in [0.2, 0.25) is 0 Å². The van der Waals surface area contributed by atoms with Gasteiger partial charge in [-0.3, -0.25) is 4.90 Å². The lowest BCUT2D eigenvalue weighted by Crippen LogP contribution is -2.49. The van der Waals surface area contributed by atoms with Crippen molar-refractivity contribution in [2.24, 2.45) is 0 Å². The van der Waals surface area contributed by atoms with Crippen molar-refractivity contribution in [3.05, 3.63) is 35.4 Å². The Morgan fingerprint density at radius 1 is 1.10 bits per heavy atom. The van der Waals surface area contributed by atoms with E-state index in [1.54, 1.807) is 28.6 Å².